The molecule has 0 N–H and O–H groups in total. The summed E-state index contributed by atoms with van der Waals surface area (Å²) >= 11 is 0. The molecule has 2 fully saturated rings. The summed E-state index contributed by atoms with van der Waals surface area (Å²) in [7, 11) is -3.78. The van der Waals surface area contributed by atoms with Crippen molar-refractivity contribution in [3.63, 3.8) is 0 Å². The zero-order valence-corrected chi connectivity index (χ0v) is 17.4. The first-order chi connectivity index (χ1) is 13.8. The van der Waals surface area contributed by atoms with Gasteiger partial charge in [0.15, 0.2) is 6.61 Å². The van der Waals surface area contributed by atoms with E-state index >= 15 is 0 Å². The first-order valence-corrected chi connectivity index (χ1v) is 11.0. The summed E-state index contributed by atoms with van der Waals surface area (Å²) in [5, 5.41) is 0. The van der Waals surface area contributed by atoms with Gasteiger partial charge >= 0.3 is 5.97 Å². The average molecular weight is 426 g/mol. The van der Waals surface area contributed by atoms with Crippen molar-refractivity contribution in [1.82, 2.24) is 9.21 Å². The van der Waals surface area contributed by atoms with Crippen LogP contribution in [-0.2, 0) is 29.0 Å². The van der Waals surface area contributed by atoms with E-state index in [-0.39, 0.29) is 41.7 Å². The van der Waals surface area contributed by atoms with Crippen molar-refractivity contribution in [3.05, 3.63) is 29.8 Å². The zero-order chi connectivity index (χ0) is 21.0. The van der Waals surface area contributed by atoms with Crippen LogP contribution >= 0.6 is 0 Å². The fourth-order valence-corrected chi connectivity index (χ4v) is 5.01. The topological polar surface area (TPSA) is 102 Å². The summed E-state index contributed by atoms with van der Waals surface area (Å²) < 4.78 is 43.2. The number of benzene rings is 1. The molecule has 0 aliphatic carbocycles. The second kappa shape index (κ2) is 9.21. The molecule has 2 heterocycles. The van der Waals surface area contributed by atoms with Gasteiger partial charge < -0.3 is 19.1 Å². The minimum absolute atomic E-state index is 0.00718. The van der Waals surface area contributed by atoms with Crippen LogP contribution in [0.5, 0.6) is 0 Å². The van der Waals surface area contributed by atoms with E-state index in [1.165, 1.54) is 28.6 Å². The Bertz CT molecular complexity index is 842. The molecule has 29 heavy (non-hydrogen) atoms. The molecule has 2 atom stereocenters. The number of amides is 1. The molecule has 9 nitrogen and oxygen atoms in total. The van der Waals surface area contributed by atoms with E-state index in [1.54, 1.807) is 4.90 Å². The van der Waals surface area contributed by atoms with Crippen molar-refractivity contribution in [1.29, 1.82) is 0 Å². The Hall–Kier alpha value is -2.01. The zero-order valence-electron chi connectivity index (χ0n) is 16.6. The SMILES string of the molecule is CC1CN(S(=O)(=O)c2cccc(C(=O)OCC(=O)N3CCOCC3)c2)CC(C)O1. The minimum atomic E-state index is -3.78. The Kier molecular flexibility index (Phi) is 6.89. The fraction of sp³-hybridized carbons (Fsp3) is 0.579. The van der Waals surface area contributed by atoms with Crippen LogP contribution < -0.4 is 0 Å². The van der Waals surface area contributed by atoms with E-state index in [1.807, 2.05) is 13.8 Å². The number of esters is 1. The molecule has 2 unspecified atom stereocenters. The Morgan fingerprint density at radius 2 is 1.79 bits per heavy atom. The number of sulfonamides is 1. The lowest BCUT2D eigenvalue weighted by atomic mass is 10.2. The molecule has 2 saturated heterocycles. The van der Waals surface area contributed by atoms with Crippen molar-refractivity contribution in [2.45, 2.75) is 31.0 Å². The molecular formula is C19H26N2O7S. The third-order valence-electron chi connectivity index (χ3n) is 4.78. The highest BCUT2D eigenvalue weighted by Crippen LogP contribution is 2.22. The monoisotopic (exact) mass is 426 g/mol. The van der Waals surface area contributed by atoms with Gasteiger partial charge in [0, 0.05) is 26.2 Å². The Labute approximate surface area is 170 Å². The van der Waals surface area contributed by atoms with Gasteiger partial charge in [0.2, 0.25) is 10.0 Å². The van der Waals surface area contributed by atoms with Crippen molar-refractivity contribution in [2.24, 2.45) is 0 Å². The predicted octanol–water partition coefficient (Wildman–Crippen LogP) is 0.500. The summed E-state index contributed by atoms with van der Waals surface area (Å²) in [4.78, 5) is 26.0. The van der Waals surface area contributed by atoms with Crippen LogP contribution in [0.2, 0.25) is 0 Å². The molecule has 2 aliphatic rings. The number of carbonyl (C=O) groups is 2. The Morgan fingerprint density at radius 1 is 1.14 bits per heavy atom. The second-order valence-electron chi connectivity index (χ2n) is 7.18. The van der Waals surface area contributed by atoms with E-state index < -0.39 is 22.6 Å². The highest BCUT2D eigenvalue weighted by Gasteiger charge is 2.32. The number of hydrogen-bond acceptors (Lipinski definition) is 7. The second-order valence-corrected chi connectivity index (χ2v) is 9.11. The molecule has 0 aromatic heterocycles. The molecule has 1 amide bonds. The molecule has 1 aromatic rings. The van der Waals surface area contributed by atoms with Crippen LogP contribution in [0.3, 0.4) is 0 Å². The summed E-state index contributed by atoms with van der Waals surface area (Å²) in [5.74, 6) is -1.05. The summed E-state index contributed by atoms with van der Waals surface area (Å²) in [5.41, 5.74) is 0.0789. The predicted molar refractivity (Wildman–Crippen MR) is 103 cm³/mol. The normalized spacial score (nSPS) is 23.6. The van der Waals surface area contributed by atoms with Crippen LogP contribution in [0.25, 0.3) is 0 Å². The number of ether oxygens (including phenoxy) is 3. The van der Waals surface area contributed by atoms with Gasteiger partial charge in [-0.2, -0.15) is 4.31 Å². The summed E-state index contributed by atoms with van der Waals surface area (Å²) in [6.45, 7) is 5.56. The van der Waals surface area contributed by atoms with E-state index in [2.05, 4.69) is 0 Å². The molecular weight excluding hydrogens is 400 g/mol. The third kappa shape index (κ3) is 5.33. The standard InChI is InChI=1S/C19H26N2O7S/c1-14-11-21(12-15(2)28-14)29(24,25)17-5-3-4-16(10-17)19(23)27-13-18(22)20-6-8-26-9-7-20/h3-5,10,14-15H,6-9,11-13H2,1-2H3. The van der Waals surface area contributed by atoms with Gasteiger partial charge in [-0.15, -0.1) is 0 Å². The highest BCUT2D eigenvalue weighted by atomic mass is 32.2. The largest absolute Gasteiger partial charge is 0.452 e. The highest BCUT2D eigenvalue weighted by molar-refractivity contribution is 7.89. The minimum Gasteiger partial charge on any atom is -0.452 e. The quantitative estimate of drug-likeness (QED) is 0.632. The number of rotatable bonds is 5. The molecule has 1 aromatic carbocycles. The molecule has 0 spiro atoms. The van der Waals surface area contributed by atoms with Crippen LogP contribution in [0.1, 0.15) is 24.2 Å². The van der Waals surface area contributed by atoms with Crippen molar-refractivity contribution in [2.75, 3.05) is 46.0 Å². The van der Waals surface area contributed by atoms with Gasteiger partial charge in [-0.05, 0) is 32.0 Å². The number of carbonyl (C=O) groups excluding carboxylic acids is 2. The Morgan fingerprint density at radius 3 is 2.45 bits per heavy atom. The number of hydrogen-bond donors (Lipinski definition) is 0. The number of morpholine rings is 2. The van der Waals surface area contributed by atoms with Gasteiger partial charge in [0.25, 0.3) is 5.91 Å². The van der Waals surface area contributed by atoms with Crippen molar-refractivity contribution in [3.8, 4) is 0 Å². The third-order valence-corrected chi connectivity index (χ3v) is 6.61. The van der Waals surface area contributed by atoms with E-state index in [9.17, 15) is 18.0 Å². The summed E-state index contributed by atoms with van der Waals surface area (Å²) in [6, 6.07) is 5.67. The smallest absolute Gasteiger partial charge is 0.338 e. The number of nitrogens with zero attached hydrogens (tertiary/aromatic N) is 2. The van der Waals surface area contributed by atoms with Gasteiger partial charge in [-0.25, -0.2) is 13.2 Å². The van der Waals surface area contributed by atoms with Crippen molar-refractivity contribution < 1.29 is 32.2 Å². The van der Waals surface area contributed by atoms with Crippen molar-refractivity contribution >= 4 is 21.9 Å². The van der Waals surface area contributed by atoms with Crippen LogP contribution in [-0.4, -0.2) is 87.7 Å². The molecule has 160 valence electrons. The van der Waals surface area contributed by atoms with Gasteiger partial charge in [0.05, 0.1) is 35.9 Å². The molecule has 0 radical (unpaired) electrons. The molecule has 0 bridgehead atoms. The van der Waals surface area contributed by atoms with Crippen LogP contribution in [0.15, 0.2) is 29.2 Å². The molecule has 2 aliphatic heterocycles. The summed E-state index contributed by atoms with van der Waals surface area (Å²) in [6.07, 6.45) is -0.430. The lowest BCUT2D eigenvalue weighted by molar-refractivity contribution is -0.138. The van der Waals surface area contributed by atoms with E-state index in [0.717, 1.165) is 0 Å². The average Bonchev–Trinajstić information content (AvgIpc) is 2.71. The maximum absolute atomic E-state index is 13.0. The van der Waals surface area contributed by atoms with Gasteiger partial charge in [-0.1, -0.05) is 6.07 Å². The lowest BCUT2D eigenvalue weighted by Crippen LogP contribution is -2.48. The molecule has 10 heteroatoms. The van der Waals surface area contributed by atoms with Gasteiger partial charge in [0.1, 0.15) is 0 Å². The van der Waals surface area contributed by atoms with Crippen LogP contribution in [0.4, 0.5) is 0 Å². The molecule has 0 saturated carbocycles. The Balaban J connectivity index is 1.66. The molecule has 3 rings (SSSR count). The fourth-order valence-electron chi connectivity index (χ4n) is 3.37. The maximum atomic E-state index is 13.0. The first kappa shape index (κ1) is 21.7. The van der Waals surface area contributed by atoms with E-state index in [4.69, 9.17) is 14.2 Å². The maximum Gasteiger partial charge on any atom is 0.338 e. The van der Waals surface area contributed by atoms with E-state index in [0.29, 0.717) is 26.3 Å². The first-order valence-electron chi connectivity index (χ1n) is 9.55. The van der Waals surface area contributed by atoms with Crippen LogP contribution in [0, 0.1) is 0 Å². The van der Waals surface area contributed by atoms with Gasteiger partial charge in [-0.3, -0.25) is 4.79 Å². The lowest BCUT2D eigenvalue weighted by Gasteiger charge is -2.34.